The van der Waals surface area contributed by atoms with Crippen LogP contribution in [0.2, 0.25) is 0 Å². The van der Waals surface area contributed by atoms with Crippen molar-refractivity contribution in [1.29, 1.82) is 0 Å². The third-order valence-electron chi connectivity index (χ3n) is 6.22. The molecule has 2 aliphatic heterocycles. The van der Waals surface area contributed by atoms with Gasteiger partial charge in [0, 0.05) is 26.2 Å². The molecule has 3 amide bonds. The molecule has 7 nitrogen and oxygen atoms in total. The molecule has 2 saturated heterocycles. The summed E-state index contributed by atoms with van der Waals surface area (Å²) in [6.07, 6.45) is 3.33. The second-order valence-electron chi connectivity index (χ2n) is 8.35. The fourth-order valence-electron chi connectivity index (χ4n) is 4.66. The van der Waals surface area contributed by atoms with Crippen molar-refractivity contribution in [2.45, 2.75) is 51.2 Å². The summed E-state index contributed by atoms with van der Waals surface area (Å²) < 4.78 is 0. The first kappa shape index (κ1) is 23.3. The zero-order valence-electron chi connectivity index (χ0n) is 18.5. The molecular formula is C25H31N3O4. The van der Waals surface area contributed by atoms with E-state index in [4.69, 9.17) is 9.90 Å². The summed E-state index contributed by atoms with van der Waals surface area (Å²) in [5.74, 6) is 0.107. The van der Waals surface area contributed by atoms with Crippen molar-refractivity contribution < 1.29 is 19.5 Å². The van der Waals surface area contributed by atoms with E-state index in [0.29, 0.717) is 19.6 Å². The number of aryl methyl sites for hydroxylation is 1. The maximum absolute atomic E-state index is 13.5. The first-order valence-corrected chi connectivity index (χ1v) is 11.0. The minimum atomic E-state index is -0.676. The molecular weight excluding hydrogens is 406 g/mol. The van der Waals surface area contributed by atoms with Crippen LogP contribution in [-0.4, -0.2) is 51.9 Å². The number of rotatable bonds is 4. The molecule has 2 aliphatic rings. The number of hydrogen-bond donors (Lipinski definition) is 2. The van der Waals surface area contributed by atoms with E-state index in [9.17, 15) is 9.59 Å². The number of nitrogens with zero attached hydrogens (tertiary/aromatic N) is 2. The van der Waals surface area contributed by atoms with Crippen molar-refractivity contribution in [2.75, 3.05) is 13.1 Å². The number of carboxylic acid groups (broad SMARTS) is 1. The summed E-state index contributed by atoms with van der Waals surface area (Å²) >= 11 is 0. The highest BCUT2D eigenvalue weighted by Crippen LogP contribution is 2.38. The van der Waals surface area contributed by atoms with Crippen LogP contribution >= 0.6 is 0 Å². The monoisotopic (exact) mass is 437 g/mol. The van der Waals surface area contributed by atoms with Crippen molar-refractivity contribution in [3.8, 4) is 0 Å². The maximum atomic E-state index is 13.5. The lowest BCUT2D eigenvalue weighted by molar-refractivity contribution is -0.146. The fourth-order valence-corrected chi connectivity index (χ4v) is 4.66. The van der Waals surface area contributed by atoms with Crippen LogP contribution in [0.25, 0.3) is 0 Å². The molecule has 1 atom stereocenters. The molecule has 0 aliphatic carbocycles. The van der Waals surface area contributed by atoms with Crippen molar-refractivity contribution in [3.05, 3.63) is 71.3 Å². The first-order valence-electron chi connectivity index (χ1n) is 11.0. The predicted molar refractivity (Wildman–Crippen MR) is 122 cm³/mol. The molecule has 4 rings (SSSR count). The lowest BCUT2D eigenvalue weighted by Gasteiger charge is -2.44. The van der Waals surface area contributed by atoms with Crippen LogP contribution in [0.1, 0.15) is 42.4 Å². The van der Waals surface area contributed by atoms with Crippen LogP contribution in [-0.2, 0) is 22.7 Å². The van der Waals surface area contributed by atoms with Crippen LogP contribution in [0.5, 0.6) is 0 Å². The topological polar surface area (TPSA) is 90.0 Å². The zero-order chi connectivity index (χ0) is 23.0. The van der Waals surface area contributed by atoms with Crippen molar-refractivity contribution in [3.63, 3.8) is 0 Å². The van der Waals surface area contributed by atoms with Crippen LogP contribution in [0.4, 0.5) is 4.79 Å². The fraction of sp³-hybridized carbons (Fsp3) is 0.400. The maximum Gasteiger partial charge on any atom is 0.318 e. The number of benzene rings is 2. The third-order valence-corrected chi connectivity index (χ3v) is 6.22. The van der Waals surface area contributed by atoms with E-state index < -0.39 is 5.54 Å². The SMILES string of the molecule is Cc1ccc(CNC(=O)N2CCCC23CCCN(Cc2ccccc2)C3=O)cc1.O=CO. The van der Waals surface area contributed by atoms with Gasteiger partial charge in [0.1, 0.15) is 5.54 Å². The van der Waals surface area contributed by atoms with Crippen molar-refractivity contribution in [2.24, 2.45) is 0 Å². The van der Waals surface area contributed by atoms with Gasteiger partial charge in [-0.25, -0.2) is 4.79 Å². The number of carbonyl (C=O) groups excluding carboxylic acids is 2. The molecule has 0 bridgehead atoms. The summed E-state index contributed by atoms with van der Waals surface area (Å²) in [5, 5.41) is 9.92. The van der Waals surface area contributed by atoms with E-state index in [2.05, 4.69) is 17.4 Å². The Morgan fingerprint density at radius 1 is 1.03 bits per heavy atom. The van der Waals surface area contributed by atoms with E-state index in [0.717, 1.165) is 43.4 Å². The Hall–Kier alpha value is -3.35. The standard InChI is InChI=1S/C24H29N3O2.CH2O2/c1-19-9-11-20(12-10-19)17-25-23(29)27-16-6-14-24(27)13-5-15-26(22(24)28)18-21-7-3-2-4-8-21;2-1-3/h2-4,7-12H,5-6,13-18H2,1H3,(H,25,29);1H,(H,2,3). The van der Waals surface area contributed by atoms with Gasteiger partial charge in [0.25, 0.3) is 6.47 Å². The normalized spacial score (nSPS) is 20.0. The molecule has 2 aromatic rings. The van der Waals surface area contributed by atoms with Gasteiger partial charge < -0.3 is 20.2 Å². The van der Waals surface area contributed by atoms with Crippen molar-refractivity contribution in [1.82, 2.24) is 15.1 Å². The highest BCUT2D eigenvalue weighted by Gasteiger charge is 2.52. The van der Waals surface area contributed by atoms with Gasteiger partial charge in [0.05, 0.1) is 0 Å². The van der Waals surface area contributed by atoms with E-state index in [-0.39, 0.29) is 18.4 Å². The molecule has 32 heavy (non-hydrogen) atoms. The molecule has 2 heterocycles. The highest BCUT2D eigenvalue weighted by atomic mass is 16.3. The number of nitrogens with one attached hydrogen (secondary N) is 1. The summed E-state index contributed by atoms with van der Waals surface area (Å²) in [6, 6.07) is 18.1. The molecule has 1 unspecified atom stereocenters. The summed E-state index contributed by atoms with van der Waals surface area (Å²) in [7, 11) is 0. The zero-order valence-corrected chi connectivity index (χ0v) is 18.5. The molecule has 0 saturated carbocycles. The van der Waals surface area contributed by atoms with Gasteiger partial charge in [-0.1, -0.05) is 60.2 Å². The largest absolute Gasteiger partial charge is 0.483 e. The molecule has 2 fully saturated rings. The Bertz CT molecular complexity index is 917. The number of carbonyl (C=O) groups is 3. The second-order valence-corrected chi connectivity index (χ2v) is 8.35. The molecule has 0 aromatic heterocycles. The predicted octanol–water partition coefficient (Wildman–Crippen LogP) is 3.56. The number of hydrogen-bond acceptors (Lipinski definition) is 3. The smallest absolute Gasteiger partial charge is 0.318 e. The van der Waals surface area contributed by atoms with Crippen molar-refractivity contribution >= 4 is 18.4 Å². The van der Waals surface area contributed by atoms with Crippen LogP contribution in [0.3, 0.4) is 0 Å². The Morgan fingerprint density at radius 3 is 2.31 bits per heavy atom. The average molecular weight is 438 g/mol. The third kappa shape index (κ3) is 5.28. The molecule has 2 aromatic carbocycles. The average Bonchev–Trinajstić information content (AvgIpc) is 3.22. The van der Waals surface area contributed by atoms with Crippen LogP contribution < -0.4 is 5.32 Å². The van der Waals surface area contributed by atoms with Gasteiger partial charge in [-0.15, -0.1) is 0 Å². The summed E-state index contributed by atoms with van der Waals surface area (Å²) in [6.45, 7) is 4.29. The van der Waals surface area contributed by atoms with Crippen LogP contribution in [0.15, 0.2) is 54.6 Å². The summed E-state index contributed by atoms with van der Waals surface area (Å²) in [4.78, 5) is 38.6. The number of amides is 3. The Balaban J connectivity index is 0.000000913. The quantitative estimate of drug-likeness (QED) is 0.716. The minimum Gasteiger partial charge on any atom is -0.483 e. The van der Waals surface area contributed by atoms with Gasteiger partial charge in [-0.2, -0.15) is 0 Å². The van der Waals surface area contributed by atoms with E-state index in [1.807, 2.05) is 54.3 Å². The van der Waals surface area contributed by atoms with Gasteiger partial charge in [0.15, 0.2) is 0 Å². The lowest BCUT2D eigenvalue weighted by Crippen LogP contribution is -2.62. The Morgan fingerprint density at radius 2 is 1.66 bits per heavy atom. The minimum absolute atomic E-state index is 0.107. The Kier molecular flexibility index (Phi) is 7.87. The van der Waals surface area contributed by atoms with Gasteiger partial charge >= 0.3 is 6.03 Å². The molecule has 170 valence electrons. The number of likely N-dealkylation sites (tertiary alicyclic amines) is 2. The van der Waals surface area contributed by atoms with Gasteiger partial charge in [0.2, 0.25) is 5.91 Å². The number of piperidine rings is 1. The van der Waals surface area contributed by atoms with Crippen LogP contribution in [0, 0.1) is 6.92 Å². The van der Waals surface area contributed by atoms with E-state index >= 15 is 0 Å². The second kappa shape index (κ2) is 10.8. The molecule has 7 heteroatoms. The molecule has 1 spiro atoms. The molecule has 0 radical (unpaired) electrons. The van der Waals surface area contributed by atoms with E-state index in [1.165, 1.54) is 5.56 Å². The molecule has 2 N–H and O–H groups in total. The first-order chi connectivity index (χ1) is 15.5. The van der Waals surface area contributed by atoms with E-state index in [1.54, 1.807) is 4.90 Å². The summed E-state index contributed by atoms with van der Waals surface area (Å²) in [5.41, 5.74) is 2.72. The Labute approximate surface area is 189 Å². The lowest BCUT2D eigenvalue weighted by atomic mass is 9.85. The highest BCUT2D eigenvalue weighted by molar-refractivity contribution is 5.92. The number of urea groups is 1. The van der Waals surface area contributed by atoms with Gasteiger partial charge in [-0.05, 0) is 43.7 Å². The van der Waals surface area contributed by atoms with Gasteiger partial charge in [-0.3, -0.25) is 9.59 Å².